The first-order valence-electron chi connectivity index (χ1n) is 15.9. The Hall–Kier alpha value is -6.06. The third-order valence-corrected chi connectivity index (χ3v) is 8.68. The number of hydrogen-bond donors (Lipinski definition) is 2. The van der Waals surface area contributed by atoms with Crippen LogP contribution in [0.5, 0.6) is 17.2 Å². The molecular formula is C35H33F3N8O5. The van der Waals surface area contributed by atoms with Crippen LogP contribution in [0, 0.1) is 6.92 Å². The van der Waals surface area contributed by atoms with Gasteiger partial charge in [0.05, 0.1) is 35.6 Å². The van der Waals surface area contributed by atoms with Crippen molar-refractivity contribution in [3.63, 3.8) is 0 Å². The number of aliphatic carboxylic acids is 1. The first kappa shape index (κ1) is 34.8. The minimum absolute atomic E-state index is 0.00594. The molecule has 7 rings (SSSR count). The van der Waals surface area contributed by atoms with Gasteiger partial charge in [-0.2, -0.15) is 13.2 Å². The molecule has 5 heterocycles. The number of rotatable bonds is 7. The number of alkyl halides is 3. The molecule has 264 valence electrons. The van der Waals surface area contributed by atoms with Crippen molar-refractivity contribution in [3.05, 3.63) is 78.8 Å². The van der Waals surface area contributed by atoms with Gasteiger partial charge in [-0.3, -0.25) is 4.79 Å². The summed E-state index contributed by atoms with van der Waals surface area (Å²) in [6.45, 7) is 5.68. The largest absolute Gasteiger partial charge is 0.494 e. The molecule has 2 atom stereocenters. The minimum Gasteiger partial charge on any atom is -0.494 e. The van der Waals surface area contributed by atoms with Gasteiger partial charge in [0.1, 0.15) is 34.6 Å². The first-order chi connectivity index (χ1) is 24.4. The van der Waals surface area contributed by atoms with E-state index >= 15 is 0 Å². The number of pyridine rings is 1. The number of nitrogens with one attached hydrogen (secondary N) is 1. The zero-order valence-corrected chi connectivity index (χ0v) is 27.8. The number of halogens is 3. The van der Waals surface area contributed by atoms with E-state index in [1.165, 1.54) is 12.4 Å². The molecule has 2 N–H and O–H groups in total. The van der Waals surface area contributed by atoms with E-state index < -0.39 is 12.1 Å². The standard InChI is InChI=1S/C33H32N8O3.C2HF3O2/c1-5-31(42)41-21-7-6-8-22(41)15-20(14-21)24-10-11-25-32(36-24)33(35-18-34-25)37-27-13-19(2)29(17-30(27)43-4)44-23-9-12-28-26(16-23)38-39-40(28)3;3-2(4,5)1(6)7/h5,9-14,16-18,21-22H,1,6-8,15H2,2-4H3,(H,34,35,37);(H,6,7). The lowest BCUT2D eigenvalue weighted by Crippen LogP contribution is -2.51. The lowest BCUT2D eigenvalue weighted by molar-refractivity contribution is -0.192. The Labute approximate surface area is 289 Å². The molecule has 2 aromatic carbocycles. The van der Waals surface area contributed by atoms with Crippen LogP contribution >= 0.6 is 0 Å². The molecule has 1 saturated heterocycles. The molecule has 0 radical (unpaired) electrons. The molecule has 2 aliphatic heterocycles. The van der Waals surface area contributed by atoms with E-state index in [9.17, 15) is 18.0 Å². The molecule has 1 amide bonds. The maximum absolute atomic E-state index is 12.6. The van der Waals surface area contributed by atoms with Gasteiger partial charge in [0.15, 0.2) is 5.82 Å². The number of aryl methyl sites for hydroxylation is 2. The highest BCUT2D eigenvalue weighted by Gasteiger charge is 2.38. The zero-order valence-electron chi connectivity index (χ0n) is 27.8. The van der Waals surface area contributed by atoms with Crippen molar-refractivity contribution in [3.8, 4) is 17.2 Å². The number of hydrogen-bond acceptors (Lipinski definition) is 10. The van der Waals surface area contributed by atoms with Gasteiger partial charge in [-0.25, -0.2) is 24.4 Å². The smallest absolute Gasteiger partial charge is 0.490 e. The summed E-state index contributed by atoms with van der Waals surface area (Å²) in [6.07, 6.45) is 3.82. The molecule has 2 unspecified atom stereocenters. The Bertz CT molecular complexity index is 2180. The zero-order chi connectivity index (χ0) is 36.4. The number of carbonyl (C=O) groups is 2. The third-order valence-electron chi connectivity index (χ3n) is 8.68. The summed E-state index contributed by atoms with van der Waals surface area (Å²) in [5, 5.41) is 18.8. The maximum Gasteiger partial charge on any atom is 0.490 e. The number of methoxy groups -OCH3 is 1. The lowest BCUT2D eigenvalue weighted by atomic mass is 9.84. The summed E-state index contributed by atoms with van der Waals surface area (Å²) in [4.78, 5) is 37.5. The SMILES string of the molecule is C=CC(=O)N1C2C=C(c3ccc4ncnc(Nc5cc(C)c(Oc6ccc7c(c6)nnn7C)cc5OC)c4n3)CC1CCC2.O=C(O)C(F)(F)F. The Morgan fingerprint density at radius 1 is 1.08 bits per heavy atom. The fourth-order valence-corrected chi connectivity index (χ4v) is 6.26. The Kier molecular flexibility index (Phi) is 9.58. The number of anilines is 2. The van der Waals surface area contributed by atoms with Crippen LogP contribution in [0.15, 0.2) is 67.5 Å². The summed E-state index contributed by atoms with van der Waals surface area (Å²) in [5.74, 6) is -0.302. The van der Waals surface area contributed by atoms with Crippen LogP contribution in [0.1, 0.15) is 36.9 Å². The predicted octanol–water partition coefficient (Wildman–Crippen LogP) is 6.52. The molecule has 3 aromatic heterocycles. The van der Waals surface area contributed by atoms with E-state index in [2.05, 4.69) is 38.3 Å². The fourth-order valence-electron chi connectivity index (χ4n) is 6.26. The molecule has 0 spiro atoms. The Balaban J connectivity index is 0.000000582. The van der Waals surface area contributed by atoms with Gasteiger partial charge in [0.2, 0.25) is 5.91 Å². The molecule has 2 aliphatic rings. The number of carboxylic acid groups (broad SMARTS) is 1. The second-order valence-electron chi connectivity index (χ2n) is 12.0. The van der Waals surface area contributed by atoms with Crippen LogP contribution in [0.2, 0.25) is 0 Å². The number of benzene rings is 2. The quantitative estimate of drug-likeness (QED) is 0.178. The van der Waals surface area contributed by atoms with Crippen LogP contribution in [0.3, 0.4) is 0 Å². The van der Waals surface area contributed by atoms with Gasteiger partial charge in [-0.15, -0.1) is 5.10 Å². The van der Waals surface area contributed by atoms with Crippen LogP contribution in [0.25, 0.3) is 27.6 Å². The van der Waals surface area contributed by atoms with E-state index in [0.717, 1.165) is 64.8 Å². The van der Waals surface area contributed by atoms with Crippen molar-refractivity contribution >= 4 is 51.0 Å². The summed E-state index contributed by atoms with van der Waals surface area (Å²) in [6, 6.07) is 13.7. The summed E-state index contributed by atoms with van der Waals surface area (Å²) in [7, 11) is 3.47. The lowest BCUT2D eigenvalue weighted by Gasteiger charge is -2.44. The number of nitrogens with zero attached hydrogens (tertiary/aromatic N) is 7. The van der Waals surface area contributed by atoms with E-state index in [0.29, 0.717) is 28.6 Å². The average Bonchev–Trinajstić information content (AvgIpc) is 3.47. The molecule has 0 aliphatic carbocycles. The van der Waals surface area contributed by atoms with E-state index in [-0.39, 0.29) is 18.0 Å². The van der Waals surface area contributed by atoms with Crippen molar-refractivity contribution in [1.29, 1.82) is 0 Å². The predicted molar refractivity (Wildman–Crippen MR) is 182 cm³/mol. The molecular weight excluding hydrogens is 669 g/mol. The van der Waals surface area contributed by atoms with Crippen molar-refractivity contribution in [1.82, 2.24) is 34.8 Å². The monoisotopic (exact) mass is 702 g/mol. The van der Waals surface area contributed by atoms with Crippen LogP contribution in [-0.4, -0.2) is 77.2 Å². The second-order valence-corrected chi connectivity index (χ2v) is 12.0. The maximum atomic E-state index is 12.6. The molecule has 51 heavy (non-hydrogen) atoms. The molecule has 1 fully saturated rings. The first-order valence-corrected chi connectivity index (χ1v) is 15.9. The number of fused-ring (bicyclic) bond motifs is 4. The topological polar surface area (TPSA) is 157 Å². The fraction of sp³-hybridized carbons (Fsp3) is 0.286. The Morgan fingerprint density at radius 2 is 1.86 bits per heavy atom. The van der Waals surface area contributed by atoms with Crippen molar-refractivity contribution in [2.75, 3.05) is 12.4 Å². The Morgan fingerprint density at radius 3 is 2.57 bits per heavy atom. The van der Waals surface area contributed by atoms with Crippen LogP contribution in [-0.2, 0) is 16.6 Å². The van der Waals surface area contributed by atoms with E-state index in [4.69, 9.17) is 24.4 Å². The highest BCUT2D eigenvalue weighted by molar-refractivity contribution is 5.91. The molecule has 16 heteroatoms. The van der Waals surface area contributed by atoms with E-state index in [1.807, 2.05) is 61.3 Å². The normalized spacial score (nSPS) is 16.9. The third kappa shape index (κ3) is 7.29. The molecule has 5 aromatic rings. The summed E-state index contributed by atoms with van der Waals surface area (Å²) in [5.41, 5.74) is 6.68. The van der Waals surface area contributed by atoms with Crippen molar-refractivity contribution in [2.45, 2.75) is 50.9 Å². The number of ether oxygens (including phenoxy) is 2. The van der Waals surface area contributed by atoms with Gasteiger partial charge < -0.3 is 24.8 Å². The van der Waals surface area contributed by atoms with Crippen LogP contribution in [0.4, 0.5) is 24.7 Å². The van der Waals surface area contributed by atoms with Crippen LogP contribution < -0.4 is 14.8 Å². The number of amides is 1. The van der Waals surface area contributed by atoms with Gasteiger partial charge >= 0.3 is 12.1 Å². The van der Waals surface area contributed by atoms with Gasteiger partial charge in [0.25, 0.3) is 0 Å². The number of carboxylic acids is 1. The second kappa shape index (κ2) is 14.0. The number of carbonyl (C=O) groups excluding carboxylic acids is 1. The van der Waals surface area contributed by atoms with Crippen molar-refractivity contribution < 1.29 is 37.3 Å². The highest BCUT2D eigenvalue weighted by atomic mass is 19.4. The molecule has 0 saturated carbocycles. The van der Waals surface area contributed by atoms with E-state index in [1.54, 1.807) is 11.8 Å². The number of piperidine rings is 1. The molecule has 13 nitrogen and oxygen atoms in total. The van der Waals surface area contributed by atoms with Gasteiger partial charge in [0, 0.05) is 25.2 Å². The minimum atomic E-state index is -5.08. The van der Waals surface area contributed by atoms with Gasteiger partial charge in [-0.1, -0.05) is 17.9 Å². The number of aromatic nitrogens is 6. The van der Waals surface area contributed by atoms with Gasteiger partial charge in [-0.05, 0) is 80.2 Å². The van der Waals surface area contributed by atoms with Crippen molar-refractivity contribution in [2.24, 2.45) is 7.05 Å². The highest BCUT2D eigenvalue weighted by Crippen LogP contribution is 2.39. The summed E-state index contributed by atoms with van der Waals surface area (Å²) >= 11 is 0. The molecule has 2 bridgehead atoms. The summed E-state index contributed by atoms with van der Waals surface area (Å²) < 4.78 is 45.4. The average molecular weight is 703 g/mol.